The van der Waals surface area contributed by atoms with E-state index in [1.54, 1.807) is 0 Å². The minimum atomic E-state index is -1.19. The van der Waals surface area contributed by atoms with E-state index in [-0.39, 0.29) is 11.6 Å². The molecule has 9 nitrogen and oxygen atoms in total. The van der Waals surface area contributed by atoms with Crippen LogP contribution in [-0.2, 0) is 11.2 Å². The Hall–Kier alpha value is -3.27. The summed E-state index contributed by atoms with van der Waals surface area (Å²) < 4.78 is 20.2. The molecule has 0 bridgehead atoms. The van der Waals surface area contributed by atoms with Crippen LogP contribution in [0, 0.1) is 11.7 Å². The molecule has 0 amide bonds. The molecule has 10 heteroatoms. The van der Waals surface area contributed by atoms with Crippen LogP contribution in [0.15, 0.2) is 24.4 Å². The van der Waals surface area contributed by atoms with E-state index in [1.807, 2.05) is 0 Å². The summed E-state index contributed by atoms with van der Waals surface area (Å²) in [7, 11) is 0. The monoisotopic (exact) mass is 387 g/mol. The third kappa shape index (κ3) is 3.58. The molecule has 1 saturated heterocycles. The zero-order valence-corrected chi connectivity index (χ0v) is 14.8. The topological polar surface area (TPSA) is 122 Å². The van der Waals surface area contributed by atoms with E-state index in [0.29, 0.717) is 34.9 Å². The molecule has 0 radical (unpaired) electrons. The molecule has 3 heterocycles. The molecule has 146 valence electrons. The highest BCUT2D eigenvalue weighted by Gasteiger charge is 2.20. The van der Waals surface area contributed by atoms with E-state index in [4.69, 9.17) is 9.84 Å². The molecule has 0 aliphatic carbocycles. The number of rotatable bonds is 6. The van der Waals surface area contributed by atoms with Crippen LogP contribution in [0.4, 0.5) is 4.39 Å². The van der Waals surface area contributed by atoms with Crippen LogP contribution in [0.2, 0.25) is 0 Å². The van der Waals surface area contributed by atoms with Gasteiger partial charge in [0.2, 0.25) is 5.88 Å². The van der Waals surface area contributed by atoms with Gasteiger partial charge in [-0.25, -0.2) is 18.9 Å². The number of aliphatic carboxylic acids is 1. The maximum Gasteiger partial charge on any atom is 0.341 e. The summed E-state index contributed by atoms with van der Waals surface area (Å²) in [6.45, 7) is 1.18. The lowest BCUT2D eigenvalue weighted by Crippen LogP contribution is -2.13. The van der Waals surface area contributed by atoms with Crippen molar-refractivity contribution < 1.29 is 24.1 Å². The fraction of sp³-hybridized carbons (Fsp3) is 0.333. The number of aromatic hydroxyl groups is 1. The molecule has 28 heavy (non-hydrogen) atoms. The van der Waals surface area contributed by atoms with Crippen LogP contribution in [0.3, 0.4) is 0 Å². The molecule has 0 spiro atoms. The van der Waals surface area contributed by atoms with Gasteiger partial charge in [-0.1, -0.05) is 0 Å². The van der Waals surface area contributed by atoms with E-state index in [1.165, 1.54) is 23.0 Å². The third-order valence-corrected chi connectivity index (χ3v) is 4.59. The molecule has 3 aromatic rings. The van der Waals surface area contributed by atoms with Crippen molar-refractivity contribution in [2.75, 3.05) is 19.7 Å². The summed E-state index contributed by atoms with van der Waals surface area (Å²) in [5.74, 6) is -1.08. The average Bonchev–Trinajstić information content (AvgIpc) is 3.30. The molecule has 1 aliphatic heterocycles. The van der Waals surface area contributed by atoms with E-state index >= 15 is 0 Å². The Bertz CT molecular complexity index is 1030. The van der Waals surface area contributed by atoms with E-state index in [0.717, 1.165) is 25.6 Å². The highest BCUT2D eigenvalue weighted by Crippen LogP contribution is 2.29. The Kier molecular flexibility index (Phi) is 4.78. The summed E-state index contributed by atoms with van der Waals surface area (Å²) in [6, 6.07) is 3.71. The predicted octanol–water partition coefficient (Wildman–Crippen LogP) is 1.28. The number of nitrogens with one attached hydrogen (secondary N) is 1. The SMILES string of the molecule is O=C(O)COc1cc(F)ccc1-n1ncc2c(O)nc(C[C@@H]3CCNC3)nc21. The lowest BCUT2D eigenvalue weighted by atomic mass is 10.0. The Morgan fingerprint density at radius 1 is 1.39 bits per heavy atom. The van der Waals surface area contributed by atoms with Crippen LogP contribution in [-0.4, -0.2) is 55.6 Å². The zero-order valence-electron chi connectivity index (χ0n) is 14.8. The van der Waals surface area contributed by atoms with Crippen LogP contribution in [0.1, 0.15) is 12.2 Å². The summed E-state index contributed by atoms with van der Waals surface area (Å²) in [6.07, 6.45) is 3.01. The van der Waals surface area contributed by atoms with Crippen molar-refractivity contribution in [3.05, 3.63) is 36.0 Å². The van der Waals surface area contributed by atoms with E-state index < -0.39 is 18.4 Å². The fourth-order valence-electron chi connectivity index (χ4n) is 3.27. The van der Waals surface area contributed by atoms with Crippen molar-refractivity contribution in [1.29, 1.82) is 0 Å². The third-order valence-electron chi connectivity index (χ3n) is 4.59. The quantitative estimate of drug-likeness (QED) is 0.578. The number of hydrogen-bond donors (Lipinski definition) is 3. The van der Waals surface area contributed by atoms with Gasteiger partial charge in [-0.3, -0.25) is 0 Å². The Morgan fingerprint density at radius 3 is 3.00 bits per heavy atom. The number of nitrogens with zero attached hydrogens (tertiary/aromatic N) is 4. The number of hydrogen-bond acceptors (Lipinski definition) is 7. The highest BCUT2D eigenvalue weighted by molar-refractivity contribution is 5.81. The number of aromatic nitrogens is 4. The summed E-state index contributed by atoms with van der Waals surface area (Å²) in [4.78, 5) is 19.5. The molecule has 1 fully saturated rings. The number of fused-ring (bicyclic) bond motifs is 1. The first-order valence-electron chi connectivity index (χ1n) is 8.80. The maximum absolute atomic E-state index is 13.7. The minimum absolute atomic E-state index is 0.00652. The molecule has 1 aliphatic rings. The van der Waals surface area contributed by atoms with Gasteiger partial charge in [-0.05, 0) is 37.6 Å². The number of carboxylic acid groups (broad SMARTS) is 1. The van der Waals surface area contributed by atoms with Gasteiger partial charge in [0, 0.05) is 12.5 Å². The number of carbonyl (C=O) groups is 1. The summed E-state index contributed by atoms with van der Waals surface area (Å²) >= 11 is 0. The average molecular weight is 387 g/mol. The number of benzene rings is 1. The molecular formula is C18H18FN5O4. The second-order valence-electron chi connectivity index (χ2n) is 6.61. The smallest absolute Gasteiger partial charge is 0.341 e. The van der Waals surface area contributed by atoms with Gasteiger partial charge in [0.15, 0.2) is 12.3 Å². The van der Waals surface area contributed by atoms with Gasteiger partial charge in [-0.2, -0.15) is 10.1 Å². The van der Waals surface area contributed by atoms with Gasteiger partial charge in [0.1, 0.15) is 28.5 Å². The molecule has 0 unspecified atom stereocenters. The van der Waals surface area contributed by atoms with Crippen molar-refractivity contribution in [3.8, 4) is 17.3 Å². The first-order valence-corrected chi connectivity index (χ1v) is 8.80. The van der Waals surface area contributed by atoms with Gasteiger partial charge in [-0.15, -0.1) is 0 Å². The Morgan fingerprint density at radius 2 is 2.25 bits per heavy atom. The summed E-state index contributed by atoms with van der Waals surface area (Å²) in [5.41, 5.74) is 0.643. The number of ether oxygens (including phenoxy) is 1. The first-order chi connectivity index (χ1) is 13.5. The van der Waals surface area contributed by atoms with Crippen molar-refractivity contribution in [1.82, 2.24) is 25.1 Å². The van der Waals surface area contributed by atoms with Crippen LogP contribution >= 0.6 is 0 Å². The van der Waals surface area contributed by atoms with Crippen molar-refractivity contribution in [2.24, 2.45) is 5.92 Å². The first kappa shape index (κ1) is 18.1. The Balaban J connectivity index is 1.76. The van der Waals surface area contributed by atoms with E-state index in [2.05, 4.69) is 20.4 Å². The molecule has 4 rings (SSSR count). The van der Waals surface area contributed by atoms with Crippen LogP contribution in [0.25, 0.3) is 16.7 Å². The Labute approximate surface area is 158 Å². The van der Waals surface area contributed by atoms with Crippen LogP contribution in [0.5, 0.6) is 11.6 Å². The second kappa shape index (κ2) is 7.39. The number of halogens is 1. The largest absolute Gasteiger partial charge is 0.493 e. The van der Waals surface area contributed by atoms with Crippen molar-refractivity contribution in [3.63, 3.8) is 0 Å². The van der Waals surface area contributed by atoms with Crippen molar-refractivity contribution >= 4 is 17.0 Å². The van der Waals surface area contributed by atoms with Gasteiger partial charge >= 0.3 is 5.97 Å². The molecule has 1 aromatic carbocycles. The molecule has 2 aromatic heterocycles. The molecular weight excluding hydrogens is 369 g/mol. The van der Waals surface area contributed by atoms with Crippen molar-refractivity contribution in [2.45, 2.75) is 12.8 Å². The molecule has 3 N–H and O–H groups in total. The lowest BCUT2D eigenvalue weighted by molar-refractivity contribution is -0.139. The fourth-order valence-corrected chi connectivity index (χ4v) is 3.27. The van der Waals surface area contributed by atoms with Gasteiger partial charge < -0.3 is 20.3 Å². The van der Waals surface area contributed by atoms with Gasteiger partial charge in [0.05, 0.1) is 6.20 Å². The minimum Gasteiger partial charge on any atom is -0.493 e. The highest BCUT2D eigenvalue weighted by atomic mass is 19.1. The lowest BCUT2D eigenvalue weighted by Gasteiger charge is -2.12. The normalized spacial score (nSPS) is 16.5. The predicted molar refractivity (Wildman–Crippen MR) is 96.1 cm³/mol. The zero-order chi connectivity index (χ0) is 19.7. The molecule has 0 saturated carbocycles. The van der Waals surface area contributed by atoms with Crippen LogP contribution < -0.4 is 10.1 Å². The van der Waals surface area contributed by atoms with E-state index in [9.17, 15) is 14.3 Å². The molecule has 1 atom stereocenters. The maximum atomic E-state index is 13.7. The van der Waals surface area contributed by atoms with Gasteiger partial charge in [0.25, 0.3) is 0 Å². The number of carboxylic acids is 1. The standard InChI is InChI=1S/C18H18FN5O4/c19-11-1-2-13(14(6-11)28-9-16(25)26)24-17-12(8-21-24)18(27)23-15(22-17)5-10-3-4-20-7-10/h1-2,6,8,10,20H,3-5,7,9H2,(H,25,26)(H,22,23,27)/t10-/m0/s1. The second-order valence-corrected chi connectivity index (χ2v) is 6.61. The summed E-state index contributed by atoms with van der Waals surface area (Å²) in [5, 5.41) is 27.0.